The molecule has 152 valence electrons. The van der Waals surface area contributed by atoms with Crippen LogP contribution in [0.5, 0.6) is 0 Å². The second-order valence-corrected chi connectivity index (χ2v) is 7.14. The van der Waals surface area contributed by atoms with Gasteiger partial charge in [-0.05, 0) is 57.8 Å². The molecule has 2 heterocycles. The van der Waals surface area contributed by atoms with Crippen LogP contribution in [0.15, 0.2) is 0 Å². The number of rotatable bonds is 7. The standard InChI is InChI=1S/C17H34N4O.3ClH/c1-15(16-5-3-6-18-14-16)13-17(22)19-7-4-8-21-11-9-20(2)10-12-21;;;/h15-16,18H,3-14H2,1-2H3,(H,19,22);3*1H. The Balaban J connectivity index is 0. The number of carbonyl (C=O) groups is 1. The molecule has 0 aromatic carbocycles. The van der Waals surface area contributed by atoms with Gasteiger partial charge >= 0.3 is 0 Å². The molecule has 5 nitrogen and oxygen atoms in total. The van der Waals surface area contributed by atoms with Crippen molar-refractivity contribution in [2.24, 2.45) is 11.8 Å². The first-order chi connectivity index (χ1) is 10.6. The van der Waals surface area contributed by atoms with Gasteiger partial charge in [-0.2, -0.15) is 0 Å². The van der Waals surface area contributed by atoms with Gasteiger partial charge in [0.2, 0.25) is 5.91 Å². The van der Waals surface area contributed by atoms with Gasteiger partial charge in [0.1, 0.15) is 0 Å². The maximum Gasteiger partial charge on any atom is 0.220 e. The highest BCUT2D eigenvalue weighted by molar-refractivity contribution is 5.86. The fourth-order valence-electron chi connectivity index (χ4n) is 3.50. The minimum atomic E-state index is 0. The second-order valence-electron chi connectivity index (χ2n) is 7.14. The minimum absolute atomic E-state index is 0. The molecule has 0 bridgehead atoms. The van der Waals surface area contributed by atoms with Gasteiger partial charge in [-0.25, -0.2) is 0 Å². The third kappa shape index (κ3) is 10.8. The second kappa shape index (κ2) is 15.3. The Kier molecular flexibility index (Phi) is 16.8. The van der Waals surface area contributed by atoms with Crippen molar-refractivity contribution in [2.75, 3.05) is 59.4 Å². The third-order valence-corrected chi connectivity index (χ3v) is 5.22. The van der Waals surface area contributed by atoms with Crippen molar-refractivity contribution in [3.8, 4) is 0 Å². The summed E-state index contributed by atoms with van der Waals surface area (Å²) in [4.78, 5) is 16.9. The van der Waals surface area contributed by atoms with Gasteiger partial charge in [0.15, 0.2) is 0 Å². The van der Waals surface area contributed by atoms with Gasteiger partial charge in [-0.15, -0.1) is 37.2 Å². The molecule has 0 radical (unpaired) electrons. The van der Waals surface area contributed by atoms with Crippen LogP contribution in [0, 0.1) is 11.8 Å². The lowest BCUT2D eigenvalue weighted by Crippen LogP contribution is -2.45. The van der Waals surface area contributed by atoms with E-state index in [1.807, 2.05) is 0 Å². The minimum Gasteiger partial charge on any atom is -0.356 e. The monoisotopic (exact) mass is 418 g/mol. The molecule has 8 heteroatoms. The largest absolute Gasteiger partial charge is 0.356 e. The quantitative estimate of drug-likeness (QED) is 0.620. The fourth-order valence-corrected chi connectivity index (χ4v) is 3.50. The predicted molar refractivity (Wildman–Crippen MR) is 113 cm³/mol. The summed E-state index contributed by atoms with van der Waals surface area (Å²) in [6.45, 7) is 11.0. The normalized spacial score (nSPS) is 22.7. The van der Waals surface area contributed by atoms with Crippen LogP contribution in [0.1, 0.15) is 32.6 Å². The molecule has 2 aliphatic heterocycles. The Hall–Kier alpha value is 0.220. The van der Waals surface area contributed by atoms with Crippen LogP contribution in [0.25, 0.3) is 0 Å². The van der Waals surface area contributed by atoms with Crippen LogP contribution < -0.4 is 10.6 Å². The summed E-state index contributed by atoms with van der Waals surface area (Å²) in [7, 11) is 2.18. The van der Waals surface area contributed by atoms with Crippen molar-refractivity contribution >= 4 is 43.1 Å². The lowest BCUT2D eigenvalue weighted by atomic mass is 9.85. The van der Waals surface area contributed by atoms with Gasteiger partial charge < -0.3 is 20.4 Å². The summed E-state index contributed by atoms with van der Waals surface area (Å²) in [6, 6.07) is 0. The van der Waals surface area contributed by atoms with Crippen molar-refractivity contribution in [1.82, 2.24) is 20.4 Å². The van der Waals surface area contributed by atoms with Crippen LogP contribution in [-0.2, 0) is 4.79 Å². The lowest BCUT2D eigenvalue weighted by Gasteiger charge is -2.32. The highest BCUT2D eigenvalue weighted by atomic mass is 35.5. The molecule has 0 aromatic heterocycles. The maximum atomic E-state index is 12.0. The van der Waals surface area contributed by atoms with Crippen molar-refractivity contribution in [3.05, 3.63) is 0 Å². The van der Waals surface area contributed by atoms with E-state index in [1.165, 1.54) is 25.9 Å². The zero-order valence-corrected chi connectivity index (χ0v) is 18.1. The van der Waals surface area contributed by atoms with Gasteiger partial charge in [-0.1, -0.05) is 6.92 Å². The summed E-state index contributed by atoms with van der Waals surface area (Å²) in [6.07, 6.45) is 4.27. The molecule has 2 rings (SSSR count). The molecular weight excluding hydrogens is 383 g/mol. The van der Waals surface area contributed by atoms with E-state index in [0.717, 1.165) is 45.7 Å². The Morgan fingerprint density at radius 2 is 1.88 bits per heavy atom. The Morgan fingerprint density at radius 1 is 1.20 bits per heavy atom. The number of piperazine rings is 1. The maximum absolute atomic E-state index is 12.0. The zero-order chi connectivity index (χ0) is 15.8. The first-order valence-corrected chi connectivity index (χ1v) is 9.03. The summed E-state index contributed by atoms with van der Waals surface area (Å²) in [5.74, 6) is 1.40. The molecule has 2 saturated heterocycles. The van der Waals surface area contributed by atoms with E-state index in [0.29, 0.717) is 18.3 Å². The van der Waals surface area contributed by atoms with E-state index in [9.17, 15) is 4.79 Å². The number of nitrogens with one attached hydrogen (secondary N) is 2. The van der Waals surface area contributed by atoms with Crippen LogP contribution in [-0.4, -0.2) is 75.1 Å². The number of hydrogen-bond acceptors (Lipinski definition) is 4. The van der Waals surface area contributed by atoms with E-state index in [4.69, 9.17) is 0 Å². The summed E-state index contributed by atoms with van der Waals surface area (Å²) in [5, 5.41) is 6.54. The van der Waals surface area contributed by atoms with E-state index < -0.39 is 0 Å². The van der Waals surface area contributed by atoms with Crippen molar-refractivity contribution in [1.29, 1.82) is 0 Å². The van der Waals surface area contributed by atoms with Gasteiger partial charge in [0.05, 0.1) is 0 Å². The molecule has 0 aromatic rings. The fraction of sp³-hybridized carbons (Fsp3) is 0.941. The van der Waals surface area contributed by atoms with E-state index in [-0.39, 0.29) is 43.1 Å². The highest BCUT2D eigenvalue weighted by Gasteiger charge is 2.21. The van der Waals surface area contributed by atoms with Gasteiger partial charge in [0, 0.05) is 39.1 Å². The SMILES string of the molecule is CC(CC(=O)NCCCN1CCN(C)CC1)C1CCCNC1.Cl.Cl.Cl. The summed E-state index contributed by atoms with van der Waals surface area (Å²) in [5.41, 5.74) is 0. The smallest absolute Gasteiger partial charge is 0.220 e. The van der Waals surface area contributed by atoms with Crippen LogP contribution in [0.4, 0.5) is 0 Å². The number of halogens is 3. The molecule has 0 aliphatic carbocycles. The van der Waals surface area contributed by atoms with Crippen LogP contribution >= 0.6 is 37.2 Å². The molecule has 0 saturated carbocycles. The van der Waals surface area contributed by atoms with E-state index in [2.05, 4.69) is 34.4 Å². The molecule has 2 N–H and O–H groups in total. The first kappa shape index (κ1) is 27.4. The average Bonchev–Trinajstić information content (AvgIpc) is 2.54. The van der Waals surface area contributed by atoms with Crippen molar-refractivity contribution < 1.29 is 4.79 Å². The number of amides is 1. The average molecular weight is 420 g/mol. The van der Waals surface area contributed by atoms with E-state index in [1.54, 1.807) is 0 Å². The zero-order valence-electron chi connectivity index (χ0n) is 15.7. The molecule has 1 amide bonds. The Bertz CT molecular complexity index is 336. The highest BCUT2D eigenvalue weighted by Crippen LogP contribution is 2.22. The summed E-state index contributed by atoms with van der Waals surface area (Å²) < 4.78 is 0. The lowest BCUT2D eigenvalue weighted by molar-refractivity contribution is -0.122. The van der Waals surface area contributed by atoms with Crippen molar-refractivity contribution in [3.63, 3.8) is 0 Å². The Morgan fingerprint density at radius 3 is 2.48 bits per heavy atom. The van der Waals surface area contributed by atoms with Crippen LogP contribution in [0.2, 0.25) is 0 Å². The molecule has 2 atom stereocenters. The number of hydrogen-bond donors (Lipinski definition) is 2. The number of carbonyl (C=O) groups excluding carboxylic acids is 1. The van der Waals surface area contributed by atoms with Gasteiger partial charge in [0.25, 0.3) is 0 Å². The predicted octanol–water partition coefficient (Wildman–Crippen LogP) is 2.03. The molecule has 2 unspecified atom stereocenters. The summed E-state index contributed by atoms with van der Waals surface area (Å²) >= 11 is 0. The van der Waals surface area contributed by atoms with Crippen LogP contribution in [0.3, 0.4) is 0 Å². The topological polar surface area (TPSA) is 47.6 Å². The Labute approximate surface area is 172 Å². The number of nitrogens with zero attached hydrogens (tertiary/aromatic N) is 2. The third-order valence-electron chi connectivity index (χ3n) is 5.22. The van der Waals surface area contributed by atoms with Crippen molar-refractivity contribution in [2.45, 2.75) is 32.6 Å². The molecule has 25 heavy (non-hydrogen) atoms. The van der Waals surface area contributed by atoms with Gasteiger partial charge in [-0.3, -0.25) is 4.79 Å². The number of likely N-dealkylation sites (N-methyl/N-ethyl adjacent to an activating group) is 1. The van der Waals surface area contributed by atoms with E-state index >= 15 is 0 Å². The molecule has 0 spiro atoms. The molecular formula is C17H37Cl3N4O. The molecule has 2 aliphatic rings. The first-order valence-electron chi connectivity index (χ1n) is 9.03. The number of piperidine rings is 1. The molecule has 2 fully saturated rings.